The van der Waals surface area contributed by atoms with Gasteiger partial charge in [-0.2, -0.15) is 0 Å². The smallest absolute Gasteiger partial charge is 0.128 e. The monoisotopic (exact) mass is 306 g/mol. The number of anilines is 3. The number of hydrogen-bond donors (Lipinski definition) is 4. The third-order valence-electron chi connectivity index (χ3n) is 4.59. The first-order chi connectivity index (χ1) is 10.7. The van der Waals surface area contributed by atoms with Gasteiger partial charge in [0.05, 0.1) is 30.3 Å². The number of nitrogens with zero attached hydrogens (tertiary/aromatic N) is 1. The molecule has 0 aromatic carbocycles. The number of hydrogen-bond acceptors (Lipinski definition) is 6. The molecule has 0 radical (unpaired) electrons. The molecular weight excluding hydrogens is 280 g/mol. The highest BCUT2D eigenvalue weighted by molar-refractivity contribution is 5.68. The van der Waals surface area contributed by atoms with Crippen LogP contribution in [0.15, 0.2) is 12.3 Å². The van der Waals surface area contributed by atoms with Crippen LogP contribution >= 0.6 is 0 Å². The molecule has 1 aromatic heterocycles. The third-order valence-corrected chi connectivity index (χ3v) is 4.59. The summed E-state index contributed by atoms with van der Waals surface area (Å²) in [5.74, 6) is 1.41. The molecule has 1 saturated heterocycles. The number of nitrogen functional groups attached to an aromatic ring is 1. The van der Waals surface area contributed by atoms with Crippen LogP contribution in [-0.2, 0) is 4.74 Å². The van der Waals surface area contributed by atoms with Crippen LogP contribution in [0.2, 0.25) is 0 Å². The minimum absolute atomic E-state index is 0.136. The van der Waals surface area contributed by atoms with Crippen LogP contribution < -0.4 is 16.4 Å². The molecule has 1 aromatic rings. The summed E-state index contributed by atoms with van der Waals surface area (Å²) in [6, 6.07) is 2.37. The van der Waals surface area contributed by atoms with Crippen LogP contribution in [0.4, 0.5) is 17.2 Å². The fraction of sp³-hybridized carbons (Fsp3) is 0.688. The summed E-state index contributed by atoms with van der Waals surface area (Å²) in [4.78, 5) is 4.37. The zero-order valence-electron chi connectivity index (χ0n) is 12.9. The molecule has 122 valence electrons. The molecule has 2 fully saturated rings. The molecule has 0 bridgehead atoms. The molecule has 3 rings (SSSR count). The highest BCUT2D eigenvalue weighted by Gasteiger charge is 2.20. The van der Waals surface area contributed by atoms with Gasteiger partial charge in [0, 0.05) is 31.2 Å². The Morgan fingerprint density at radius 1 is 1.27 bits per heavy atom. The summed E-state index contributed by atoms with van der Waals surface area (Å²) < 4.78 is 5.39. The fourth-order valence-electron chi connectivity index (χ4n) is 3.13. The molecule has 1 saturated carbocycles. The van der Waals surface area contributed by atoms with Gasteiger partial charge in [-0.1, -0.05) is 0 Å². The van der Waals surface area contributed by atoms with Crippen LogP contribution in [0.3, 0.4) is 0 Å². The van der Waals surface area contributed by atoms with Gasteiger partial charge in [0.15, 0.2) is 0 Å². The van der Waals surface area contributed by atoms with Gasteiger partial charge in [0.1, 0.15) is 5.82 Å². The van der Waals surface area contributed by atoms with E-state index in [-0.39, 0.29) is 6.10 Å². The van der Waals surface area contributed by atoms with Gasteiger partial charge in [0.25, 0.3) is 0 Å². The zero-order valence-corrected chi connectivity index (χ0v) is 12.9. The van der Waals surface area contributed by atoms with Crippen molar-refractivity contribution in [3.63, 3.8) is 0 Å². The Morgan fingerprint density at radius 2 is 2.09 bits per heavy atom. The molecule has 1 aliphatic carbocycles. The molecule has 1 atom stereocenters. The van der Waals surface area contributed by atoms with Crippen LogP contribution in [0.25, 0.3) is 0 Å². The molecule has 0 spiro atoms. The number of aromatic nitrogens is 1. The molecule has 1 aliphatic heterocycles. The second-order valence-corrected chi connectivity index (χ2v) is 6.42. The molecule has 5 N–H and O–H groups in total. The Hall–Kier alpha value is -1.53. The van der Waals surface area contributed by atoms with E-state index in [0.717, 1.165) is 63.4 Å². The Morgan fingerprint density at radius 3 is 2.82 bits per heavy atom. The van der Waals surface area contributed by atoms with E-state index in [1.54, 1.807) is 6.20 Å². The van der Waals surface area contributed by atoms with E-state index in [1.807, 2.05) is 6.07 Å². The molecule has 6 nitrogen and oxygen atoms in total. The van der Waals surface area contributed by atoms with Gasteiger partial charge >= 0.3 is 0 Å². The second-order valence-electron chi connectivity index (χ2n) is 6.42. The SMILES string of the molecule is Nc1cnc(NC2CCC(O)CC2)cc1NCC1CCOC1. The maximum absolute atomic E-state index is 9.57. The predicted molar refractivity (Wildman–Crippen MR) is 88.0 cm³/mol. The first-order valence-electron chi connectivity index (χ1n) is 8.22. The molecule has 0 amide bonds. The van der Waals surface area contributed by atoms with Gasteiger partial charge in [0.2, 0.25) is 0 Å². The second kappa shape index (κ2) is 7.15. The minimum atomic E-state index is -0.136. The van der Waals surface area contributed by atoms with E-state index >= 15 is 0 Å². The van der Waals surface area contributed by atoms with Gasteiger partial charge < -0.3 is 26.2 Å². The minimum Gasteiger partial charge on any atom is -0.396 e. The predicted octanol–water partition coefficient (Wildman–Crippen LogP) is 1.83. The number of nitrogens with two attached hydrogens (primary N) is 1. The number of nitrogens with one attached hydrogen (secondary N) is 2. The largest absolute Gasteiger partial charge is 0.396 e. The summed E-state index contributed by atoms with van der Waals surface area (Å²) in [7, 11) is 0. The van der Waals surface area contributed by atoms with Gasteiger partial charge in [-0.25, -0.2) is 4.98 Å². The van der Waals surface area contributed by atoms with Crippen LogP contribution in [0.1, 0.15) is 32.1 Å². The van der Waals surface area contributed by atoms with Crippen LogP contribution in [-0.4, -0.2) is 42.0 Å². The van der Waals surface area contributed by atoms with Crippen molar-refractivity contribution in [3.8, 4) is 0 Å². The number of ether oxygens (including phenoxy) is 1. The lowest BCUT2D eigenvalue weighted by atomic mass is 9.93. The Bertz CT molecular complexity index is 483. The van der Waals surface area contributed by atoms with E-state index in [4.69, 9.17) is 10.5 Å². The summed E-state index contributed by atoms with van der Waals surface area (Å²) in [5.41, 5.74) is 7.61. The van der Waals surface area contributed by atoms with Crippen molar-refractivity contribution in [2.24, 2.45) is 5.92 Å². The highest BCUT2D eigenvalue weighted by Crippen LogP contribution is 2.25. The highest BCUT2D eigenvalue weighted by atomic mass is 16.5. The van der Waals surface area contributed by atoms with E-state index in [9.17, 15) is 5.11 Å². The van der Waals surface area contributed by atoms with Crippen molar-refractivity contribution in [1.29, 1.82) is 0 Å². The first-order valence-corrected chi connectivity index (χ1v) is 8.22. The van der Waals surface area contributed by atoms with Gasteiger partial charge in [-0.15, -0.1) is 0 Å². The lowest BCUT2D eigenvalue weighted by Gasteiger charge is -2.26. The molecule has 1 unspecified atom stereocenters. The summed E-state index contributed by atoms with van der Waals surface area (Å²) in [5, 5.41) is 16.4. The molecule has 2 heterocycles. The maximum Gasteiger partial charge on any atom is 0.128 e. The van der Waals surface area contributed by atoms with Crippen LogP contribution in [0.5, 0.6) is 0 Å². The quantitative estimate of drug-likeness (QED) is 0.663. The lowest BCUT2D eigenvalue weighted by molar-refractivity contribution is 0.126. The molecule has 22 heavy (non-hydrogen) atoms. The molecule has 6 heteroatoms. The lowest BCUT2D eigenvalue weighted by Crippen LogP contribution is -2.28. The van der Waals surface area contributed by atoms with Crippen molar-refractivity contribution in [2.45, 2.75) is 44.2 Å². The van der Waals surface area contributed by atoms with Gasteiger partial charge in [-0.3, -0.25) is 0 Å². The average Bonchev–Trinajstić information content (AvgIpc) is 3.03. The number of rotatable bonds is 5. The summed E-state index contributed by atoms with van der Waals surface area (Å²) in [6.07, 6.45) is 6.35. The first kappa shape index (κ1) is 15.4. The van der Waals surface area contributed by atoms with Crippen molar-refractivity contribution in [2.75, 3.05) is 36.1 Å². The topological polar surface area (TPSA) is 92.4 Å². The van der Waals surface area contributed by atoms with E-state index < -0.39 is 0 Å². The number of aliphatic hydroxyl groups excluding tert-OH is 1. The van der Waals surface area contributed by atoms with E-state index in [1.165, 1.54) is 0 Å². The normalized spacial score (nSPS) is 28.5. The van der Waals surface area contributed by atoms with Crippen molar-refractivity contribution in [1.82, 2.24) is 4.98 Å². The van der Waals surface area contributed by atoms with Crippen molar-refractivity contribution in [3.05, 3.63) is 12.3 Å². The molecular formula is C16H26N4O2. The third kappa shape index (κ3) is 4.01. The van der Waals surface area contributed by atoms with E-state index in [2.05, 4.69) is 15.6 Å². The Labute approximate surface area is 131 Å². The maximum atomic E-state index is 9.57. The summed E-state index contributed by atoms with van der Waals surface area (Å²) >= 11 is 0. The van der Waals surface area contributed by atoms with Crippen LogP contribution in [0, 0.1) is 5.92 Å². The Balaban J connectivity index is 1.56. The zero-order chi connectivity index (χ0) is 15.4. The summed E-state index contributed by atoms with van der Waals surface area (Å²) in [6.45, 7) is 2.56. The number of pyridine rings is 1. The van der Waals surface area contributed by atoms with Gasteiger partial charge in [-0.05, 0) is 32.1 Å². The molecule has 2 aliphatic rings. The van der Waals surface area contributed by atoms with E-state index in [0.29, 0.717) is 17.6 Å². The number of aliphatic hydroxyl groups is 1. The van der Waals surface area contributed by atoms with Crippen molar-refractivity contribution < 1.29 is 9.84 Å². The fourth-order valence-corrected chi connectivity index (χ4v) is 3.13. The average molecular weight is 306 g/mol. The Kier molecular flexibility index (Phi) is 5.00. The van der Waals surface area contributed by atoms with Crippen molar-refractivity contribution >= 4 is 17.2 Å². The standard InChI is InChI=1S/C16H26N4O2/c17-14-9-19-16(20-12-1-3-13(21)4-2-12)7-15(14)18-8-11-5-6-22-10-11/h7,9,11-13,21H,1-6,8,10,17H2,(H2,18,19,20).